The molecular formula is C16H17Cl2N3O. The van der Waals surface area contributed by atoms with E-state index < -0.39 is 0 Å². The highest BCUT2D eigenvalue weighted by Crippen LogP contribution is 2.18. The maximum atomic E-state index is 5.83. The van der Waals surface area contributed by atoms with E-state index in [0.717, 1.165) is 29.7 Å². The van der Waals surface area contributed by atoms with Crippen LogP contribution in [0.15, 0.2) is 41.8 Å². The third kappa shape index (κ3) is 4.97. The third-order valence-corrected chi connectivity index (χ3v) is 3.81. The predicted octanol–water partition coefficient (Wildman–Crippen LogP) is 4.21. The van der Waals surface area contributed by atoms with Crippen LogP contribution in [0.4, 0.5) is 0 Å². The van der Waals surface area contributed by atoms with Crippen LogP contribution in [0, 0.1) is 5.92 Å². The van der Waals surface area contributed by atoms with Crippen molar-refractivity contribution in [2.75, 3.05) is 7.11 Å². The lowest BCUT2D eigenvalue weighted by Gasteiger charge is -2.16. The molecule has 22 heavy (non-hydrogen) atoms. The van der Waals surface area contributed by atoms with Gasteiger partial charge in [-0.05, 0) is 43.0 Å². The topological polar surface area (TPSA) is 47.4 Å². The van der Waals surface area contributed by atoms with Gasteiger partial charge in [0.05, 0.1) is 5.71 Å². The summed E-state index contributed by atoms with van der Waals surface area (Å²) >= 11 is 11.7. The Bertz CT molecular complexity index is 579. The first-order valence-corrected chi connectivity index (χ1v) is 7.62. The highest BCUT2D eigenvalue weighted by molar-refractivity contribution is 6.29. The molecule has 0 spiro atoms. The molecule has 0 bridgehead atoms. The summed E-state index contributed by atoms with van der Waals surface area (Å²) in [6, 6.07) is 7.53. The maximum Gasteiger partial charge on any atom is 0.129 e. The lowest BCUT2D eigenvalue weighted by Crippen LogP contribution is -2.18. The molecule has 6 heteroatoms. The van der Waals surface area contributed by atoms with E-state index in [1.807, 2.05) is 19.1 Å². The number of nitrogens with zero attached hydrogens (tertiary/aromatic N) is 3. The van der Waals surface area contributed by atoms with E-state index in [9.17, 15) is 0 Å². The lowest BCUT2D eigenvalue weighted by molar-refractivity contribution is 0.210. The number of hydrogen-bond acceptors (Lipinski definition) is 4. The first kappa shape index (κ1) is 16.7. The molecule has 0 amide bonds. The van der Waals surface area contributed by atoms with Crippen molar-refractivity contribution in [2.24, 2.45) is 11.1 Å². The Morgan fingerprint density at radius 3 is 1.91 bits per heavy atom. The van der Waals surface area contributed by atoms with Gasteiger partial charge in [-0.25, -0.2) is 9.97 Å². The van der Waals surface area contributed by atoms with Crippen LogP contribution >= 0.6 is 23.2 Å². The number of aromatic nitrogens is 2. The molecule has 0 aromatic carbocycles. The van der Waals surface area contributed by atoms with Crippen molar-refractivity contribution in [3.05, 3.63) is 58.1 Å². The first-order chi connectivity index (χ1) is 10.6. The number of rotatable bonds is 6. The van der Waals surface area contributed by atoms with Crippen LogP contribution in [0.2, 0.25) is 10.3 Å². The fraction of sp³-hybridized carbons (Fsp3) is 0.312. The van der Waals surface area contributed by atoms with Crippen LogP contribution in [0.3, 0.4) is 0 Å². The van der Waals surface area contributed by atoms with E-state index in [4.69, 9.17) is 28.0 Å². The lowest BCUT2D eigenvalue weighted by atomic mass is 9.90. The maximum absolute atomic E-state index is 5.83. The van der Waals surface area contributed by atoms with E-state index >= 15 is 0 Å². The van der Waals surface area contributed by atoms with E-state index in [-0.39, 0.29) is 5.92 Å². The fourth-order valence-electron chi connectivity index (χ4n) is 2.21. The van der Waals surface area contributed by atoms with Crippen molar-refractivity contribution in [2.45, 2.75) is 19.8 Å². The summed E-state index contributed by atoms with van der Waals surface area (Å²) in [4.78, 5) is 13.2. The molecule has 0 unspecified atom stereocenters. The largest absolute Gasteiger partial charge is 0.399 e. The highest BCUT2D eigenvalue weighted by atomic mass is 35.5. The third-order valence-electron chi connectivity index (χ3n) is 3.37. The van der Waals surface area contributed by atoms with Gasteiger partial charge in [0.25, 0.3) is 0 Å². The molecule has 0 N–H and O–H groups in total. The molecular weight excluding hydrogens is 321 g/mol. The molecule has 0 saturated heterocycles. The van der Waals surface area contributed by atoms with E-state index in [1.165, 1.54) is 0 Å². The molecule has 0 saturated carbocycles. The molecule has 4 nitrogen and oxygen atoms in total. The predicted molar refractivity (Wildman–Crippen MR) is 89.5 cm³/mol. The number of halogens is 2. The van der Waals surface area contributed by atoms with Gasteiger partial charge in [0.15, 0.2) is 0 Å². The Hall–Kier alpha value is -1.65. The molecule has 0 radical (unpaired) electrons. The summed E-state index contributed by atoms with van der Waals surface area (Å²) in [6.07, 6.45) is 5.17. The smallest absolute Gasteiger partial charge is 0.129 e. The molecule has 0 aliphatic rings. The van der Waals surface area contributed by atoms with Crippen LogP contribution in [0.1, 0.15) is 18.1 Å². The average molecular weight is 338 g/mol. The number of oxime groups is 1. The molecule has 2 aromatic rings. The van der Waals surface area contributed by atoms with Crippen molar-refractivity contribution in [3.8, 4) is 0 Å². The van der Waals surface area contributed by atoms with Gasteiger partial charge in [-0.15, -0.1) is 0 Å². The van der Waals surface area contributed by atoms with Gasteiger partial charge >= 0.3 is 0 Å². The van der Waals surface area contributed by atoms with Crippen molar-refractivity contribution in [1.29, 1.82) is 0 Å². The van der Waals surface area contributed by atoms with Crippen LogP contribution in [0.5, 0.6) is 0 Å². The minimum absolute atomic E-state index is 0.186. The normalized spacial score (nSPS) is 11.8. The van der Waals surface area contributed by atoms with Crippen molar-refractivity contribution >= 4 is 28.9 Å². The molecule has 0 fully saturated rings. The van der Waals surface area contributed by atoms with Crippen LogP contribution in [-0.4, -0.2) is 22.8 Å². The summed E-state index contributed by atoms with van der Waals surface area (Å²) in [6.45, 7) is 1.96. The minimum atomic E-state index is 0.186. The highest BCUT2D eigenvalue weighted by Gasteiger charge is 2.15. The molecule has 0 aliphatic carbocycles. The van der Waals surface area contributed by atoms with Crippen LogP contribution < -0.4 is 0 Å². The summed E-state index contributed by atoms with van der Waals surface area (Å²) in [5, 5.41) is 5.06. The average Bonchev–Trinajstić information content (AvgIpc) is 2.51. The first-order valence-electron chi connectivity index (χ1n) is 6.87. The van der Waals surface area contributed by atoms with Gasteiger partial charge in [-0.1, -0.05) is 40.5 Å². The van der Waals surface area contributed by atoms with Gasteiger partial charge < -0.3 is 4.84 Å². The summed E-state index contributed by atoms with van der Waals surface area (Å²) < 4.78 is 0. The van der Waals surface area contributed by atoms with Crippen molar-refractivity contribution < 1.29 is 4.84 Å². The molecule has 0 atom stereocenters. The second-order valence-corrected chi connectivity index (χ2v) is 5.77. The summed E-state index contributed by atoms with van der Waals surface area (Å²) in [5.41, 5.74) is 3.12. The number of hydrogen-bond donors (Lipinski definition) is 0. The van der Waals surface area contributed by atoms with Crippen LogP contribution in [-0.2, 0) is 17.7 Å². The zero-order valence-corrected chi connectivity index (χ0v) is 14.0. The minimum Gasteiger partial charge on any atom is -0.399 e. The Morgan fingerprint density at radius 1 is 1.05 bits per heavy atom. The van der Waals surface area contributed by atoms with E-state index in [2.05, 4.69) is 15.1 Å². The van der Waals surface area contributed by atoms with Crippen molar-refractivity contribution in [1.82, 2.24) is 9.97 Å². The fourth-order valence-corrected chi connectivity index (χ4v) is 2.43. The van der Waals surface area contributed by atoms with Gasteiger partial charge in [0.1, 0.15) is 17.4 Å². The van der Waals surface area contributed by atoms with Crippen LogP contribution in [0.25, 0.3) is 0 Å². The summed E-state index contributed by atoms with van der Waals surface area (Å²) in [5.74, 6) is 0.186. The second kappa shape index (κ2) is 8.11. The Labute approximate surface area is 140 Å². The second-order valence-electron chi connectivity index (χ2n) is 5.00. The molecule has 0 aliphatic heterocycles. The van der Waals surface area contributed by atoms with E-state index in [1.54, 1.807) is 31.6 Å². The SMILES string of the molecule is CO/N=C(\C)C(Cc1ccc(Cl)nc1)Cc1ccc(Cl)nc1. The molecule has 2 rings (SSSR count). The van der Waals surface area contributed by atoms with Gasteiger partial charge in [-0.2, -0.15) is 0 Å². The van der Waals surface area contributed by atoms with Gasteiger partial charge in [0.2, 0.25) is 0 Å². The monoisotopic (exact) mass is 337 g/mol. The zero-order valence-electron chi connectivity index (χ0n) is 12.5. The van der Waals surface area contributed by atoms with E-state index in [0.29, 0.717) is 10.3 Å². The van der Waals surface area contributed by atoms with Crippen molar-refractivity contribution in [3.63, 3.8) is 0 Å². The molecule has 116 valence electrons. The Balaban J connectivity index is 2.17. The Morgan fingerprint density at radius 2 is 1.55 bits per heavy atom. The molecule has 2 heterocycles. The summed E-state index contributed by atoms with van der Waals surface area (Å²) in [7, 11) is 1.55. The van der Waals surface area contributed by atoms with Gasteiger partial charge in [-0.3, -0.25) is 0 Å². The molecule has 2 aromatic heterocycles. The van der Waals surface area contributed by atoms with Gasteiger partial charge in [0, 0.05) is 18.3 Å². The quantitative estimate of drug-likeness (QED) is 0.450. The Kier molecular flexibility index (Phi) is 6.16. The zero-order chi connectivity index (χ0) is 15.9. The number of pyridine rings is 2. The standard InChI is InChI=1S/C16H17Cl2N3O/c1-11(21-22-2)14(7-12-3-5-15(17)19-9-12)8-13-4-6-16(18)20-10-13/h3-6,9-10,14H,7-8H2,1-2H3/b21-11+.